The molecule has 134 valence electrons. The normalized spacial score (nSPS) is 17.3. The Morgan fingerprint density at radius 2 is 1.75 bits per heavy atom. The van der Waals surface area contributed by atoms with E-state index in [1.807, 2.05) is 49.9 Å². The van der Waals surface area contributed by atoms with Gasteiger partial charge in [0.05, 0.1) is 11.7 Å². The number of rotatable bonds is 4. The predicted octanol–water partition coefficient (Wildman–Crippen LogP) is 2.16. The van der Waals surface area contributed by atoms with Gasteiger partial charge in [-0.05, 0) is 44.7 Å². The second-order valence-electron chi connectivity index (χ2n) is 7.24. The van der Waals surface area contributed by atoms with Gasteiger partial charge in [-0.3, -0.25) is 4.79 Å². The van der Waals surface area contributed by atoms with E-state index in [-0.39, 0.29) is 11.9 Å². The van der Waals surface area contributed by atoms with Crippen LogP contribution in [0.2, 0.25) is 0 Å². The van der Waals surface area contributed by atoms with Crippen LogP contribution < -0.4 is 0 Å². The Morgan fingerprint density at radius 1 is 1.21 bits per heavy atom. The van der Waals surface area contributed by atoms with E-state index in [9.17, 15) is 13.2 Å². The molecular formula is C18H28N2O3S. The molecule has 1 saturated heterocycles. The lowest BCUT2D eigenvalue weighted by Gasteiger charge is -2.39. The van der Waals surface area contributed by atoms with Gasteiger partial charge >= 0.3 is 0 Å². The summed E-state index contributed by atoms with van der Waals surface area (Å²) in [5.74, 6) is 0.109. The SMILES string of the molecule is Cc1ccccc1C(C)(C)C(=O)N1CCC(N(C)S(C)(=O)=O)CC1. The van der Waals surface area contributed by atoms with Crippen molar-refractivity contribution >= 4 is 15.9 Å². The molecule has 0 saturated carbocycles. The van der Waals surface area contributed by atoms with Gasteiger partial charge < -0.3 is 4.90 Å². The van der Waals surface area contributed by atoms with Crippen LogP contribution in [0.1, 0.15) is 37.8 Å². The average Bonchev–Trinajstić information content (AvgIpc) is 2.53. The minimum Gasteiger partial charge on any atom is -0.342 e. The van der Waals surface area contributed by atoms with E-state index in [0.29, 0.717) is 25.9 Å². The van der Waals surface area contributed by atoms with Crippen LogP contribution in [0.25, 0.3) is 0 Å². The van der Waals surface area contributed by atoms with Crippen molar-refractivity contribution in [3.63, 3.8) is 0 Å². The van der Waals surface area contributed by atoms with Crippen LogP contribution in [0, 0.1) is 6.92 Å². The molecule has 6 heteroatoms. The maximum atomic E-state index is 13.0. The molecule has 1 aliphatic heterocycles. The van der Waals surface area contributed by atoms with Gasteiger partial charge in [0.25, 0.3) is 0 Å². The molecule has 0 aromatic heterocycles. The molecule has 1 amide bonds. The third kappa shape index (κ3) is 3.81. The molecule has 1 aromatic carbocycles. The van der Waals surface area contributed by atoms with Gasteiger partial charge in [-0.1, -0.05) is 24.3 Å². The maximum Gasteiger partial charge on any atom is 0.232 e. The number of sulfonamides is 1. The first-order valence-corrected chi connectivity index (χ1v) is 10.2. The van der Waals surface area contributed by atoms with Crippen molar-refractivity contribution in [1.82, 2.24) is 9.21 Å². The maximum absolute atomic E-state index is 13.0. The first-order chi connectivity index (χ1) is 11.0. The largest absolute Gasteiger partial charge is 0.342 e. The van der Waals surface area contributed by atoms with Gasteiger partial charge in [0.1, 0.15) is 0 Å². The van der Waals surface area contributed by atoms with Crippen LogP contribution in [0.3, 0.4) is 0 Å². The van der Waals surface area contributed by atoms with Gasteiger partial charge in [0.2, 0.25) is 15.9 Å². The zero-order valence-electron chi connectivity index (χ0n) is 15.2. The van der Waals surface area contributed by atoms with Crippen LogP contribution in [-0.4, -0.2) is 56.0 Å². The molecule has 1 aromatic rings. The standard InChI is InChI=1S/C18H28N2O3S/c1-14-8-6-7-9-16(14)18(2,3)17(21)20-12-10-15(11-13-20)19(4)24(5,22)23/h6-9,15H,10-13H2,1-5H3. The Bertz CT molecular complexity index is 705. The highest BCUT2D eigenvalue weighted by molar-refractivity contribution is 7.88. The highest BCUT2D eigenvalue weighted by atomic mass is 32.2. The van der Waals surface area contributed by atoms with Crippen molar-refractivity contribution in [2.75, 3.05) is 26.4 Å². The van der Waals surface area contributed by atoms with Gasteiger partial charge in [-0.15, -0.1) is 0 Å². The van der Waals surface area contributed by atoms with E-state index in [1.54, 1.807) is 7.05 Å². The van der Waals surface area contributed by atoms with E-state index < -0.39 is 15.4 Å². The summed E-state index contributed by atoms with van der Waals surface area (Å²) in [5.41, 5.74) is 1.58. The van der Waals surface area contributed by atoms with Crippen molar-refractivity contribution in [3.05, 3.63) is 35.4 Å². The second kappa shape index (κ2) is 6.84. The van der Waals surface area contributed by atoms with Gasteiger partial charge in [0, 0.05) is 26.2 Å². The van der Waals surface area contributed by atoms with Crippen LogP contribution >= 0.6 is 0 Å². The summed E-state index contributed by atoms with van der Waals surface area (Å²) >= 11 is 0. The van der Waals surface area contributed by atoms with E-state index >= 15 is 0 Å². The number of hydrogen-bond acceptors (Lipinski definition) is 3. The number of benzene rings is 1. The molecule has 24 heavy (non-hydrogen) atoms. The quantitative estimate of drug-likeness (QED) is 0.834. The summed E-state index contributed by atoms with van der Waals surface area (Å²) in [6, 6.07) is 7.96. The summed E-state index contributed by atoms with van der Waals surface area (Å²) in [6.07, 6.45) is 2.59. The number of aryl methyl sites for hydroxylation is 1. The fourth-order valence-electron chi connectivity index (χ4n) is 3.49. The number of carbonyl (C=O) groups is 1. The Balaban J connectivity index is 2.09. The molecule has 0 aliphatic carbocycles. The first kappa shape index (κ1) is 18.9. The minimum absolute atomic E-state index is 0.0226. The first-order valence-electron chi connectivity index (χ1n) is 8.33. The highest BCUT2D eigenvalue weighted by Crippen LogP contribution is 2.30. The van der Waals surface area contributed by atoms with Crippen molar-refractivity contribution in [2.45, 2.75) is 45.1 Å². The molecule has 1 heterocycles. The van der Waals surface area contributed by atoms with E-state index in [2.05, 4.69) is 0 Å². The summed E-state index contributed by atoms with van der Waals surface area (Å²) in [7, 11) is -1.57. The van der Waals surface area contributed by atoms with Crippen molar-refractivity contribution in [2.24, 2.45) is 0 Å². The number of carbonyl (C=O) groups excluding carboxylic acids is 1. The summed E-state index contributed by atoms with van der Waals surface area (Å²) in [4.78, 5) is 14.9. The number of nitrogens with zero attached hydrogens (tertiary/aromatic N) is 2. The zero-order chi connectivity index (χ0) is 18.1. The Kier molecular flexibility index (Phi) is 5.40. The molecule has 1 aliphatic rings. The third-order valence-electron chi connectivity index (χ3n) is 5.14. The lowest BCUT2D eigenvalue weighted by Crippen LogP contribution is -2.51. The van der Waals surface area contributed by atoms with Crippen LogP contribution in [-0.2, 0) is 20.2 Å². The summed E-state index contributed by atoms with van der Waals surface area (Å²) in [6.45, 7) is 7.15. The molecule has 1 fully saturated rings. The number of piperidine rings is 1. The van der Waals surface area contributed by atoms with Crippen LogP contribution in [0.4, 0.5) is 0 Å². The number of amides is 1. The smallest absolute Gasteiger partial charge is 0.232 e. The Labute approximate surface area is 145 Å². The Hall–Kier alpha value is -1.40. The number of likely N-dealkylation sites (tertiary alicyclic amines) is 1. The van der Waals surface area contributed by atoms with Crippen LogP contribution in [0.5, 0.6) is 0 Å². The minimum atomic E-state index is -3.19. The molecule has 0 bridgehead atoms. The molecule has 2 rings (SSSR count). The van der Waals surface area contributed by atoms with E-state index in [1.165, 1.54) is 10.6 Å². The molecule has 5 nitrogen and oxygen atoms in total. The van der Waals surface area contributed by atoms with Crippen LogP contribution in [0.15, 0.2) is 24.3 Å². The predicted molar refractivity (Wildman–Crippen MR) is 96.4 cm³/mol. The van der Waals surface area contributed by atoms with Gasteiger partial charge in [0.15, 0.2) is 0 Å². The fraction of sp³-hybridized carbons (Fsp3) is 0.611. The van der Waals surface area contributed by atoms with Crippen molar-refractivity contribution < 1.29 is 13.2 Å². The third-order valence-corrected chi connectivity index (χ3v) is 6.49. The molecule has 0 atom stereocenters. The van der Waals surface area contributed by atoms with E-state index in [0.717, 1.165) is 11.1 Å². The van der Waals surface area contributed by atoms with Gasteiger partial charge in [-0.25, -0.2) is 12.7 Å². The average molecular weight is 353 g/mol. The summed E-state index contributed by atoms with van der Waals surface area (Å²) in [5, 5.41) is 0. The number of hydrogen-bond donors (Lipinski definition) is 0. The second-order valence-corrected chi connectivity index (χ2v) is 9.28. The monoisotopic (exact) mass is 352 g/mol. The lowest BCUT2D eigenvalue weighted by molar-refractivity contribution is -0.137. The van der Waals surface area contributed by atoms with Gasteiger partial charge in [-0.2, -0.15) is 0 Å². The summed E-state index contributed by atoms with van der Waals surface area (Å²) < 4.78 is 24.8. The highest BCUT2D eigenvalue weighted by Gasteiger charge is 2.37. The molecule has 0 spiro atoms. The molecule has 0 unspecified atom stereocenters. The van der Waals surface area contributed by atoms with Crippen molar-refractivity contribution in [3.8, 4) is 0 Å². The zero-order valence-corrected chi connectivity index (χ0v) is 16.1. The van der Waals surface area contributed by atoms with E-state index in [4.69, 9.17) is 0 Å². The molecular weight excluding hydrogens is 324 g/mol. The Morgan fingerprint density at radius 3 is 2.25 bits per heavy atom. The topological polar surface area (TPSA) is 57.7 Å². The fourth-order valence-corrected chi connectivity index (χ4v) is 4.24. The molecule has 0 radical (unpaired) electrons. The molecule has 0 N–H and O–H groups in total. The lowest BCUT2D eigenvalue weighted by atomic mass is 9.80. The van der Waals surface area contributed by atoms with Crippen molar-refractivity contribution in [1.29, 1.82) is 0 Å².